The first-order valence-corrected chi connectivity index (χ1v) is 7.20. The molecule has 2 aromatic rings. The van der Waals surface area contributed by atoms with Gasteiger partial charge in [-0.3, -0.25) is 0 Å². The summed E-state index contributed by atoms with van der Waals surface area (Å²) < 4.78 is 7.48. The van der Waals surface area contributed by atoms with Gasteiger partial charge in [-0.1, -0.05) is 18.5 Å². The summed E-state index contributed by atoms with van der Waals surface area (Å²) in [7, 11) is 1.71. The molecule has 19 heavy (non-hydrogen) atoms. The van der Waals surface area contributed by atoms with E-state index in [0.717, 1.165) is 23.3 Å². The summed E-state index contributed by atoms with van der Waals surface area (Å²) in [6.07, 6.45) is 0.957. The van der Waals surface area contributed by atoms with Crippen molar-refractivity contribution < 1.29 is 4.74 Å². The van der Waals surface area contributed by atoms with Crippen LogP contribution in [0.5, 0.6) is 0 Å². The Balaban J connectivity index is 2.63. The zero-order valence-corrected chi connectivity index (χ0v) is 12.9. The summed E-state index contributed by atoms with van der Waals surface area (Å²) >= 11 is 12.3. The molecule has 0 N–H and O–H groups in total. The Kier molecular flexibility index (Phi) is 4.71. The second-order valence-electron chi connectivity index (χ2n) is 4.61. The molecule has 0 aliphatic heterocycles. The molecule has 0 saturated carbocycles. The Morgan fingerprint density at radius 3 is 2.74 bits per heavy atom. The maximum atomic E-state index is 6.26. The monoisotopic (exact) mass is 300 g/mol. The van der Waals surface area contributed by atoms with Crippen LogP contribution in [-0.4, -0.2) is 23.3 Å². The third-order valence-electron chi connectivity index (χ3n) is 3.23. The van der Waals surface area contributed by atoms with E-state index in [1.807, 2.05) is 25.1 Å². The molecule has 0 radical (unpaired) electrons. The Morgan fingerprint density at radius 2 is 2.16 bits per heavy atom. The van der Waals surface area contributed by atoms with Crippen LogP contribution in [0.25, 0.3) is 11.0 Å². The van der Waals surface area contributed by atoms with E-state index in [9.17, 15) is 0 Å². The first-order valence-electron chi connectivity index (χ1n) is 6.38. The second-order valence-corrected chi connectivity index (χ2v) is 5.70. The van der Waals surface area contributed by atoms with Crippen LogP contribution in [0, 0.1) is 0 Å². The Labute approximate surface area is 123 Å². The van der Waals surface area contributed by atoms with Crippen LogP contribution in [0.2, 0.25) is 5.02 Å². The van der Waals surface area contributed by atoms with E-state index >= 15 is 0 Å². The highest BCUT2D eigenvalue weighted by Gasteiger charge is 2.20. The van der Waals surface area contributed by atoms with Crippen LogP contribution < -0.4 is 0 Å². The van der Waals surface area contributed by atoms with Gasteiger partial charge in [-0.25, -0.2) is 4.98 Å². The zero-order chi connectivity index (χ0) is 14.0. The highest BCUT2D eigenvalue weighted by Crippen LogP contribution is 2.30. The summed E-state index contributed by atoms with van der Waals surface area (Å²) in [5, 5.41) is 0.530. The van der Waals surface area contributed by atoms with Crippen molar-refractivity contribution in [1.82, 2.24) is 9.55 Å². The summed E-state index contributed by atoms with van der Waals surface area (Å²) in [6, 6.07) is 5.97. The predicted octanol–water partition coefficient (Wildman–Crippen LogP) is 4.59. The van der Waals surface area contributed by atoms with Crippen molar-refractivity contribution in [3.05, 3.63) is 29.0 Å². The average Bonchev–Trinajstić information content (AvgIpc) is 2.74. The average molecular weight is 301 g/mol. The number of halogens is 2. The molecule has 1 aromatic carbocycles. The van der Waals surface area contributed by atoms with Gasteiger partial charge < -0.3 is 9.30 Å². The predicted molar refractivity (Wildman–Crippen MR) is 80.2 cm³/mol. The van der Waals surface area contributed by atoms with E-state index in [4.69, 9.17) is 27.9 Å². The van der Waals surface area contributed by atoms with Gasteiger partial charge in [0.15, 0.2) is 0 Å². The molecule has 2 rings (SSSR count). The van der Waals surface area contributed by atoms with Crippen LogP contribution in [0.4, 0.5) is 0 Å². The maximum Gasteiger partial charge on any atom is 0.128 e. The van der Waals surface area contributed by atoms with Crippen LogP contribution >= 0.6 is 23.2 Å². The molecule has 0 aliphatic rings. The fraction of sp³-hybridized carbons (Fsp3) is 0.500. The zero-order valence-electron chi connectivity index (χ0n) is 11.4. The van der Waals surface area contributed by atoms with E-state index in [0.29, 0.717) is 11.6 Å². The van der Waals surface area contributed by atoms with Crippen molar-refractivity contribution in [2.24, 2.45) is 0 Å². The summed E-state index contributed by atoms with van der Waals surface area (Å²) in [6.45, 7) is 4.70. The lowest BCUT2D eigenvalue weighted by atomic mass is 10.2. The fourth-order valence-corrected chi connectivity index (χ4v) is 2.64. The lowest BCUT2D eigenvalue weighted by Gasteiger charge is -2.20. The molecule has 5 heteroatoms. The van der Waals surface area contributed by atoms with Crippen LogP contribution in [0.1, 0.15) is 37.5 Å². The third-order valence-corrected chi connectivity index (χ3v) is 3.66. The number of rotatable bonds is 5. The molecule has 1 aromatic heterocycles. The number of aromatic nitrogens is 2. The lowest BCUT2D eigenvalue weighted by molar-refractivity contribution is 0.153. The minimum Gasteiger partial charge on any atom is -0.383 e. The summed E-state index contributed by atoms with van der Waals surface area (Å²) in [5.41, 5.74) is 1.93. The largest absolute Gasteiger partial charge is 0.383 e. The topological polar surface area (TPSA) is 27.1 Å². The van der Waals surface area contributed by atoms with Gasteiger partial charge in [-0.05, 0) is 31.5 Å². The third kappa shape index (κ3) is 2.88. The second kappa shape index (κ2) is 6.12. The molecule has 0 amide bonds. The summed E-state index contributed by atoms with van der Waals surface area (Å²) in [5.74, 6) is 0.864. The van der Waals surface area contributed by atoms with Crippen LogP contribution in [0.3, 0.4) is 0 Å². The number of fused-ring (bicyclic) bond motifs is 1. The van der Waals surface area contributed by atoms with Gasteiger partial charge in [0, 0.05) is 12.1 Å². The normalized spacial score (nSPS) is 14.8. The molecule has 0 saturated heterocycles. The maximum absolute atomic E-state index is 6.26. The highest BCUT2D eigenvalue weighted by molar-refractivity contribution is 6.31. The molecular weight excluding hydrogens is 283 g/mol. The fourth-order valence-electron chi connectivity index (χ4n) is 2.32. The minimum atomic E-state index is -0.155. The van der Waals surface area contributed by atoms with Crippen LogP contribution in [0.15, 0.2) is 18.2 Å². The lowest BCUT2D eigenvalue weighted by Crippen LogP contribution is -2.16. The van der Waals surface area contributed by atoms with Crippen molar-refractivity contribution in [3.8, 4) is 0 Å². The Hall–Kier alpha value is -0.770. The van der Waals surface area contributed by atoms with Crippen molar-refractivity contribution in [1.29, 1.82) is 0 Å². The van der Waals surface area contributed by atoms with Crippen LogP contribution in [-0.2, 0) is 4.74 Å². The SMILES string of the molecule is CCC(COC)n1c(C(C)Cl)nc2cc(Cl)ccc21. The molecule has 0 spiro atoms. The van der Waals surface area contributed by atoms with E-state index in [2.05, 4.69) is 16.5 Å². The van der Waals surface area contributed by atoms with Gasteiger partial charge in [-0.2, -0.15) is 0 Å². The van der Waals surface area contributed by atoms with Gasteiger partial charge in [0.05, 0.1) is 29.1 Å². The molecular formula is C14H18Cl2N2O. The van der Waals surface area contributed by atoms with Gasteiger partial charge in [-0.15, -0.1) is 11.6 Å². The number of hydrogen-bond acceptors (Lipinski definition) is 2. The molecule has 2 unspecified atom stereocenters. The van der Waals surface area contributed by atoms with Crippen molar-refractivity contribution in [2.45, 2.75) is 31.7 Å². The molecule has 0 bridgehead atoms. The van der Waals surface area contributed by atoms with Crippen molar-refractivity contribution in [3.63, 3.8) is 0 Å². The number of alkyl halides is 1. The highest BCUT2D eigenvalue weighted by atomic mass is 35.5. The Morgan fingerprint density at radius 1 is 1.42 bits per heavy atom. The van der Waals surface area contributed by atoms with E-state index in [1.54, 1.807) is 7.11 Å². The molecule has 3 nitrogen and oxygen atoms in total. The number of benzene rings is 1. The van der Waals surface area contributed by atoms with E-state index in [1.165, 1.54) is 0 Å². The van der Waals surface area contributed by atoms with Crippen molar-refractivity contribution in [2.75, 3.05) is 13.7 Å². The number of imidazole rings is 1. The smallest absolute Gasteiger partial charge is 0.128 e. The first-order chi connectivity index (χ1) is 9.08. The number of nitrogens with zero attached hydrogens (tertiary/aromatic N) is 2. The van der Waals surface area contributed by atoms with Gasteiger partial charge in [0.1, 0.15) is 5.82 Å². The quantitative estimate of drug-likeness (QED) is 0.755. The summed E-state index contributed by atoms with van der Waals surface area (Å²) in [4.78, 5) is 4.62. The van der Waals surface area contributed by atoms with E-state index in [-0.39, 0.29) is 11.4 Å². The molecule has 0 aliphatic carbocycles. The van der Waals surface area contributed by atoms with Gasteiger partial charge in [0.2, 0.25) is 0 Å². The number of hydrogen-bond donors (Lipinski definition) is 0. The Bertz CT molecular complexity index is 566. The molecule has 0 fully saturated rings. The standard InChI is InChI=1S/C14H18Cl2N2O/c1-4-11(8-19-3)18-13-6-5-10(16)7-12(13)17-14(18)9(2)15/h5-7,9,11H,4,8H2,1-3H3. The number of methoxy groups -OCH3 is 1. The first kappa shape index (κ1) is 14.6. The van der Waals surface area contributed by atoms with Crippen molar-refractivity contribution >= 4 is 34.2 Å². The molecule has 1 heterocycles. The minimum absolute atomic E-state index is 0.155. The molecule has 2 atom stereocenters. The van der Waals surface area contributed by atoms with E-state index < -0.39 is 0 Å². The molecule has 104 valence electrons. The van der Waals surface area contributed by atoms with Gasteiger partial charge in [0.25, 0.3) is 0 Å². The van der Waals surface area contributed by atoms with Gasteiger partial charge >= 0.3 is 0 Å². The number of ether oxygens (including phenoxy) is 1.